The van der Waals surface area contributed by atoms with Crippen molar-refractivity contribution in [3.8, 4) is 0 Å². The fourth-order valence-electron chi connectivity index (χ4n) is 4.22. The maximum absolute atomic E-state index is 13.2. The molecule has 5 heteroatoms. The number of carbonyl (C=O) groups is 2. The molecular weight excluding hydrogens is 465 g/mol. The van der Waals surface area contributed by atoms with Gasteiger partial charge in [-0.1, -0.05) is 39.3 Å². The van der Waals surface area contributed by atoms with Gasteiger partial charge in [0.05, 0.1) is 6.61 Å². The lowest BCUT2D eigenvalue weighted by atomic mass is 9.67. The number of hydrogen-bond acceptors (Lipinski definition) is 4. The zero-order chi connectivity index (χ0) is 20.5. The van der Waals surface area contributed by atoms with Crippen molar-refractivity contribution in [3.63, 3.8) is 0 Å². The first-order chi connectivity index (χ1) is 13.2. The third kappa shape index (κ3) is 4.39. The lowest BCUT2D eigenvalue weighted by Gasteiger charge is -2.39. The van der Waals surface area contributed by atoms with Gasteiger partial charge in [-0.2, -0.15) is 0 Å². The van der Waals surface area contributed by atoms with E-state index in [4.69, 9.17) is 9.73 Å². The Morgan fingerprint density at radius 1 is 1.32 bits per heavy atom. The van der Waals surface area contributed by atoms with Crippen molar-refractivity contribution in [2.45, 2.75) is 59.3 Å². The average Bonchev–Trinajstić information content (AvgIpc) is 2.59. The second-order valence-electron chi connectivity index (χ2n) is 8.59. The van der Waals surface area contributed by atoms with Crippen LogP contribution in [0.1, 0.15) is 64.9 Å². The molecule has 1 unspecified atom stereocenters. The molecule has 2 aliphatic rings. The number of carbonyl (C=O) groups excluding carboxylic acids is 2. The van der Waals surface area contributed by atoms with Crippen molar-refractivity contribution >= 4 is 40.1 Å². The molecule has 3 rings (SSSR count). The Morgan fingerprint density at radius 3 is 2.75 bits per heavy atom. The third-order valence-electron chi connectivity index (χ3n) is 5.51. The summed E-state index contributed by atoms with van der Waals surface area (Å²) in [5, 5.41) is 0. The standard InChI is InChI=1S/C23H28INO3/c1-5-6-10-28-22(27)19-14(2)25-17-12-23(3,4)13-18(26)21(17)20(19)15-8-7-9-16(24)11-15/h7-9,11,19-20H,5-6,10,12-13H2,1-4H3/t19?,20-/m1/s1. The lowest BCUT2D eigenvalue weighted by molar-refractivity contribution is -0.146. The summed E-state index contributed by atoms with van der Waals surface area (Å²) in [6.07, 6.45) is 3.04. The van der Waals surface area contributed by atoms with Gasteiger partial charge >= 0.3 is 5.97 Å². The molecule has 0 bridgehead atoms. The van der Waals surface area contributed by atoms with Crippen LogP contribution in [0.25, 0.3) is 0 Å². The quantitative estimate of drug-likeness (QED) is 0.311. The molecule has 1 aliphatic heterocycles. The zero-order valence-electron chi connectivity index (χ0n) is 17.0. The Balaban J connectivity index is 2.08. The van der Waals surface area contributed by atoms with E-state index in [9.17, 15) is 9.59 Å². The molecule has 28 heavy (non-hydrogen) atoms. The Hall–Kier alpha value is -1.50. The summed E-state index contributed by atoms with van der Waals surface area (Å²) in [4.78, 5) is 30.9. The molecule has 0 amide bonds. The van der Waals surface area contributed by atoms with Crippen LogP contribution in [0, 0.1) is 14.9 Å². The zero-order valence-corrected chi connectivity index (χ0v) is 19.2. The van der Waals surface area contributed by atoms with Crippen molar-refractivity contribution < 1.29 is 14.3 Å². The minimum Gasteiger partial charge on any atom is -0.465 e. The first-order valence-electron chi connectivity index (χ1n) is 9.97. The summed E-state index contributed by atoms with van der Waals surface area (Å²) in [5.74, 6) is -1.03. The summed E-state index contributed by atoms with van der Waals surface area (Å²) in [6, 6.07) is 8.07. The van der Waals surface area contributed by atoms with Crippen LogP contribution in [-0.4, -0.2) is 24.1 Å². The number of ketones is 1. The van der Waals surface area contributed by atoms with Crippen molar-refractivity contribution in [1.29, 1.82) is 0 Å². The van der Waals surface area contributed by atoms with E-state index >= 15 is 0 Å². The van der Waals surface area contributed by atoms with Gasteiger partial charge in [0.2, 0.25) is 0 Å². The maximum Gasteiger partial charge on any atom is 0.315 e. The molecule has 0 aromatic heterocycles. The van der Waals surface area contributed by atoms with Gasteiger partial charge < -0.3 is 4.74 Å². The van der Waals surface area contributed by atoms with Crippen molar-refractivity contribution in [2.75, 3.05) is 6.61 Å². The molecule has 1 aromatic carbocycles. The Labute approximate surface area is 181 Å². The predicted molar refractivity (Wildman–Crippen MR) is 119 cm³/mol. The lowest BCUT2D eigenvalue weighted by Crippen LogP contribution is -2.39. The molecule has 0 saturated carbocycles. The molecule has 150 valence electrons. The van der Waals surface area contributed by atoms with Crippen LogP contribution in [0.15, 0.2) is 40.5 Å². The number of aliphatic imine (C=N–C) groups is 1. The summed E-state index contributed by atoms with van der Waals surface area (Å²) in [5.41, 5.74) is 3.18. The smallest absolute Gasteiger partial charge is 0.315 e. The van der Waals surface area contributed by atoms with Crippen LogP contribution in [0.4, 0.5) is 0 Å². The first kappa shape index (κ1) is 21.2. The summed E-state index contributed by atoms with van der Waals surface area (Å²) >= 11 is 2.27. The van der Waals surface area contributed by atoms with Gasteiger partial charge in [0.15, 0.2) is 5.78 Å². The van der Waals surface area contributed by atoms with Crippen LogP contribution >= 0.6 is 22.6 Å². The molecule has 1 heterocycles. The Kier molecular flexibility index (Phi) is 6.42. The van der Waals surface area contributed by atoms with E-state index in [0.717, 1.165) is 39.8 Å². The van der Waals surface area contributed by atoms with E-state index < -0.39 is 5.92 Å². The van der Waals surface area contributed by atoms with Gasteiger partial charge in [0.25, 0.3) is 0 Å². The normalized spacial score (nSPS) is 23.9. The third-order valence-corrected chi connectivity index (χ3v) is 6.18. The van der Waals surface area contributed by atoms with Crippen LogP contribution in [0.3, 0.4) is 0 Å². The maximum atomic E-state index is 13.2. The highest BCUT2D eigenvalue weighted by molar-refractivity contribution is 14.1. The van der Waals surface area contributed by atoms with E-state index in [1.807, 2.05) is 25.1 Å². The molecule has 0 spiro atoms. The molecule has 0 N–H and O–H groups in total. The number of esters is 1. The fraction of sp³-hybridized carbons (Fsp3) is 0.522. The minimum absolute atomic E-state index is 0.107. The number of rotatable bonds is 5. The number of allylic oxidation sites excluding steroid dienone is 2. The van der Waals surface area contributed by atoms with Gasteiger partial charge in [-0.25, -0.2) is 0 Å². The SMILES string of the molecule is CCCCOC(=O)C1C(C)=NC2=C(C(=O)CC(C)(C)C2)[C@@H]1c1cccc(I)c1. The van der Waals surface area contributed by atoms with Gasteiger partial charge in [-0.05, 0) is 65.5 Å². The Bertz CT molecular complexity index is 853. The monoisotopic (exact) mass is 493 g/mol. The van der Waals surface area contributed by atoms with E-state index in [-0.39, 0.29) is 23.1 Å². The molecular formula is C23H28INO3. The summed E-state index contributed by atoms with van der Waals surface area (Å²) in [6.45, 7) is 8.57. The van der Waals surface area contributed by atoms with Crippen LogP contribution in [0.5, 0.6) is 0 Å². The number of benzene rings is 1. The number of nitrogens with zero attached hydrogens (tertiary/aromatic N) is 1. The number of ether oxygens (including phenoxy) is 1. The van der Waals surface area contributed by atoms with Gasteiger partial charge in [-0.15, -0.1) is 0 Å². The van der Waals surface area contributed by atoms with E-state index in [1.54, 1.807) is 0 Å². The molecule has 2 atom stereocenters. The fourth-order valence-corrected chi connectivity index (χ4v) is 4.78. The van der Waals surface area contributed by atoms with Gasteiger partial charge in [-0.3, -0.25) is 14.6 Å². The molecule has 4 nitrogen and oxygen atoms in total. The van der Waals surface area contributed by atoms with Gasteiger partial charge in [0, 0.05) is 32.9 Å². The van der Waals surface area contributed by atoms with Crippen molar-refractivity contribution in [2.24, 2.45) is 16.3 Å². The molecule has 0 fully saturated rings. The van der Waals surface area contributed by atoms with Crippen LogP contribution in [0.2, 0.25) is 0 Å². The summed E-state index contributed by atoms with van der Waals surface area (Å²) in [7, 11) is 0. The highest BCUT2D eigenvalue weighted by Gasteiger charge is 2.46. The van der Waals surface area contributed by atoms with Gasteiger partial charge in [0.1, 0.15) is 5.92 Å². The highest BCUT2D eigenvalue weighted by atomic mass is 127. The molecule has 1 aromatic rings. The molecule has 0 saturated heterocycles. The number of halogens is 1. The second-order valence-corrected chi connectivity index (χ2v) is 9.83. The van der Waals surface area contributed by atoms with Crippen LogP contribution in [-0.2, 0) is 14.3 Å². The predicted octanol–water partition coefficient (Wildman–Crippen LogP) is 5.45. The number of unbranched alkanes of at least 4 members (excludes halogenated alkanes) is 1. The van der Waals surface area contributed by atoms with Crippen molar-refractivity contribution in [3.05, 3.63) is 44.7 Å². The average molecular weight is 493 g/mol. The van der Waals surface area contributed by atoms with E-state index in [0.29, 0.717) is 18.6 Å². The van der Waals surface area contributed by atoms with E-state index in [1.165, 1.54) is 0 Å². The molecule has 0 radical (unpaired) electrons. The van der Waals surface area contributed by atoms with Crippen molar-refractivity contribution in [1.82, 2.24) is 0 Å². The van der Waals surface area contributed by atoms with Crippen LogP contribution < -0.4 is 0 Å². The minimum atomic E-state index is -0.543. The first-order valence-corrected chi connectivity index (χ1v) is 11.0. The molecule has 1 aliphatic carbocycles. The summed E-state index contributed by atoms with van der Waals surface area (Å²) < 4.78 is 6.66. The largest absolute Gasteiger partial charge is 0.465 e. The van der Waals surface area contributed by atoms with E-state index in [2.05, 4.69) is 49.4 Å². The second kappa shape index (κ2) is 8.47. The number of Topliss-reactive ketones (excluding diaryl/α,β-unsaturated/α-hetero) is 1. The Morgan fingerprint density at radius 2 is 2.07 bits per heavy atom. The number of hydrogen-bond donors (Lipinski definition) is 0. The topological polar surface area (TPSA) is 55.7 Å². The highest BCUT2D eigenvalue weighted by Crippen LogP contribution is 2.48.